The van der Waals surface area contributed by atoms with E-state index in [0.717, 1.165) is 10.2 Å². The summed E-state index contributed by atoms with van der Waals surface area (Å²) >= 11 is 4.48. The third kappa shape index (κ3) is 3.83. The van der Waals surface area contributed by atoms with E-state index in [1.807, 2.05) is 42.7 Å². The van der Waals surface area contributed by atoms with E-state index < -0.39 is 10.0 Å². The minimum absolute atomic E-state index is 0.116. The van der Waals surface area contributed by atoms with Crippen LogP contribution in [0.1, 0.15) is 12.5 Å². The maximum absolute atomic E-state index is 12.9. The highest BCUT2D eigenvalue weighted by Gasteiger charge is 2.22. The van der Waals surface area contributed by atoms with Crippen LogP contribution in [-0.4, -0.2) is 18.7 Å². The Balaban J connectivity index is 1.95. The molecule has 3 aromatic heterocycles. The molecular weight excluding hydrogens is 460 g/mol. The molecule has 1 unspecified atom stereocenters. The van der Waals surface area contributed by atoms with Crippen LogP contribution in [0.3, 0.4) is 0 Å². The fraction of sp³-hybridized carbons (Fsp3) is 0.105. The Bertz CT molecular complexity index is 1280. The SMILES string of the molecule is CCc1cc[n+](-c2nc3ccccc3nc2N=S(=O)(O)c2ccc(Br)s2)cc1. The van der Waals surface area contributed by atoms with Gasteiger partial charge < -0.3 is 0 Å². The molecule has 0 aliphatic carbocycles. The summed E-state index contributed by atoms with van der Waals surface area (Å²) in [6, 6.07) is 14.6. The van der Waals surface area contributed by atoms with E-state index in [1.54, 1.807) is 22.8 Å². The molecule has 4 rings (SSSR count). The van der Waals surface area contributed by atoms with Gasteiger partial charge >= 0.3 is 5.82 Å². The maximum Gasteiger partial charge on any atom is 0.374 e. The van der Waals surface area contributed by atoms with Crippen molar-refractivity contribution in [1.82, 2.24) is 9.97 Å². The van der Waals surface area contributed by atoms with Crippen molar-refractivity contribution in [1.29, 1.82) is 0 Å². The molecule has 9 heteroatoms. The molecule has 6 nitrogen and oxygen atoms in total. The zero-order valence-corrected chi connectivity index (χ0v) is 18.0. The monoisotopic (exact) mass is 475 g/mol. The predicted molar refractivity (Wildman–Crippen MR) is 114 cm³/mol. The van der Waals surface area contributed by atoms with Gasteiger partial charge in [-0.15, -0.1) is 15.7 Å². The average molecular weight is 476 g/mol. The van der Waals surface area contributed by atoms with Crippen LogP contribution in [0.5, 0.6) is 0 Å². The lowest BCUT2D eigenvalue weighted by atomic mass is 10.2. The molecule has 0 amide bonds. The van der Waals surface area contributed by atoms with Crippen LogP contribution < -0.4 is 4.57 Å². The summed E-state index contributed by atoms with van der Waals surface area (Å²) in [7, 11) is -3.66. The van der Waals surface area contributed by atoms with Gasteiger partial charge in [0.25, 0.3) is 5.82 Å². The first-order valence-corrected chi connectivity index (χ1v) is 11.6. The Labute approximate surface area is 175 Å². The van der Waals surface area contributed by atoms with E-state index >= 15 is 0 Å². The van der Waals surface area contributed by atoms with Gasteiger partial charge in [-0.1, -0.05) is 19.1 Å². The number of halogens is 1. The summed E-state index contributed by atoms with van der Waals surface area (Å²) in [5.41, 5.74) is 2.48. The molecule has 0 aliphatic heterocycles. The van der Waals surface area contributed by atoms with Gasteiger partial charge in [0, 0.05) is 0 Å². The summed E-state index contributed by atoms with van der Waals surface area (Å²) in [4.78, 5) is 9.16. The fourth-order valence-electron chi connectivity index (χ4n) is 2.65. The minimum Gasteiger partial charge on any atom is -0.296 e. The van der Waals surface area contributed by atoms with Crippen LogP contribution in [0.4, 0.5) is 5.82 Å². The molecule has 0 fully saturated rings. The number of pyridine rings is 1. The second kappa shape index (κ2) is 7.67. The first-order chi connectivity index (χ1) is 13.5. The van der Waals surface area contributed by atoms with E-state index in [9.17, 15) is 8.76 Å². The standard InChI is InChI=1S/C19H15BrN4O2S2/c1-2-13-9-11-24(12-10-13)19-18(21-14-5-3-4-6-15(14)22-19)23-28(25,26)17-8-7-16(20)27-17/h3-12H,2H2,1H3/p+1. The van der Waals surface area contributed by atoms with Crippen molar-refractivity contribution >= 4 is 54.1 Å². The maximum atomic E-state index is 12.9. The summed E-state index contributed by atoms with van der Waals surface area (Å²) in [5, 5.41) is 0. The Kier molecular flexibility index (Phi) is 5.24. The van der Waals surface area contributed by atoms with Crippen LogP contribution in [0, 0.1) is 0 Å². The minimum atomic E-state index is -3.66. The number of aromatic nitrogens is 3. The molecule has 1 aromatic carbocycles. The summed E-state index contributed by atoms with van der Waals surface area (Å²) < 4.78 is 30.3. The molecule has 0 aliphatic rings. The van der Waals surface area contributed by atoms with Crippen LogP contribution in [0.25, 0.3) is 16.9 Å². The number of hydrogen-bond donors (Lipinski definition) is 1. The molecule has 0 saturated heterocycles. The number of para-hydroxylation sites is 2. The zero-order valence-electron chi connectivity index (χ0n) is 14.8. The molecule has 4 aromatic rings. The van der Waals surface area contributed by atoms with Crippen LogP contribution >= 0.6 is 27.3 Å². The number of nitrogens with zero attached hydrogens (tertiary/aromatic N) is 4. The molecule has 0 spiro atoms. The van der Waals surface area contributed by atoms with Crippen LogP contribution in [0.15, 0.2) is 73.3 Å². The van der Waals surface area contributed by atoms with E-state index in [2.05, 4.69) is 37.2 Å². The smallest absolute Gasteiger partial charge is 0.296 e. The molecule has 3 heterocycles. The largest absolute Gasteiger partial charge is 0.374 e. The molecule has 28 heavy (non-hydrogen) atoms. The van der Waals surface area contributed by atoms with Gasteiger partial charge in [-0.05, 0) is 69.3 Å². The van der Waals surface area contributed by atoms with Crippen molar-refractivity contribution in [3.05, 3.63) is 70.3 Å². The molecule has 0 saturated carbocycles. The highest BCUT2D eigenvalue weighted by atomic mass is 79.9. The summed E-state index contributed by atoms with van der Waals surface area (Å²) in [6.45, 7) is 2.08. The van der Waals surface area contributed by atoms with E-state index in [0.29, 0.717) is 16.9 Å². The lowest BCUT2D eigenvalue weighted by Crippen LogP contribution is -2.31. The number of benzene rings is 1. The lowest BCUT2D eigenvalue weighted by Gasteiger charge is -2.04. The number of rotatable bonds is 4. The van der Waals surface area contributed by atoms with Crippen molar-refractivity contribution in [2.45, 2.75) is 17.6 Å². The van der Waals surface area contributed by atoms with Gasteiger partial charge in [0.2, 0.25) is 15.5 Å². The van der Waals surface area contributed by atoms with E-state index in [4.69, 9.17) is 0 Å². The third-order valence-electron chi connectivity index (χ3n) is 4.11. The average Bonchev–Trinajstić information content (AvgIpc) is 3.15. The van der Waals surface area contributed by atoms with E-state index in [-0.39, 0.29) is 10.0 Å². The van der Waals surface area contributed by atoms with Crippen molar-refractivity contribution in [2.24, 2.45) is 4.36 Å². The molecular formula is C19H16BrN4O2S2+. The third-order valence-corrected chi connectivity index (χ3v) is 7.51. The van der Waals surface area contributed by atoms with Crippen molar-refractivity contribution < 1.29 is 13.3 Å². The molecule has 0 radical (unpaired) electrons. The quantitative estimate of drug-likeness (QED) is 0.424. The van der Waals surface area contributed by atoms with Gasteiger partial charge in [0.15, 0.2) is 0 Å². The Hall–Kier alpha value is -2.20. The first kappa shape index (κ1) is 19.1. The highest BCUT2D eigenvalue weighted by Crippen LogP contribution is 2.29. The predicted octanol–water partition coefficient (Wildman–Crippen LogP) is 4.92. The molecule has 142 valence electrons. The lowest BCUT2D eigenvalue weighted by molar-refractivity contribution is -0.598. The fourth-order valence-corrected chi connectivity index (χ4v) is 5.60. The number of fused-ring (bicyclic) bond motifs is 1. The summed E-state index contributed by atoms with van der Waals surface area (Å²) in [6.07, 6.45) is 4.63. The Morgan fingerprint density at radius 3 is 2.39 bits per heavy atom. The Morgan fingerprint density at radius 2 is 1.79 bits per heavy atom. The van der Waals surface area contributed by atoms with Crippen molar-refractivity contribution in [3.63, 3.8) is 0 Å². The molecule has 1 atom stereocenters. The second-order valence-corrected chi connectivity index (χ2v) is 10.3. The Morgan fingerprint density at radius 1 is 1.11 bits per heavy atom. The number of aryl methyl sites for hydroxylation is 1. The van der Waals surface area contributed by atoms with Gasteiger partial charge in [-0.3, -0.25) is 4.55 Å². The van der Waals surface area contributed by atoms with Gasteiger partial charge in [0.05, 0.1) is 16.2 Å². The highest BCUT2D eigenvalue weighted by molar-refractivity contribution is 9.11. The van der Waals surface area contributed by atoms with E-state index in [1.165, 1.54) is 16.9 Å². The van der Waals surface area contributed by atoms with Gasteiger partial charge in [-0.25, -0.2) is 9.19 Å². The normalized spacial score (nSPS) is 13.4. The van der Waals surface area contributed by atoms with Gasteiger partial charge in [-0.2, -0.15) is 4.57 Å². The number of hydrogen-bond acceptors (Lipinski definition) is 5. The topological polar surface area (TPSA) is 79.3 Å². The molecule has 1 N–H and O–H groups in total. The van der Waals surface area contributed by atoms with Crippen LogP contribution in [-0.2, 0) is 16.4 Å². The second-order valence-electron chi connectivity index (χ2n) is 5.97. The van der Waals surface area contributed by atoms with Crippen LogP contribution in [0.2, 0.25) is 0 Å². The first-order valence-electron chi connectivity index (χ1n) is 8.48. The summed E-state index contributed by atoms with van der Waals surface area (Å²) in [5.74, 6) is 0.517. The number of thiophene rings is 1. The van der Waals surface area contributed by atoms with Crippen molar-refractivity contribution in [2.75, 3.05) is 0 Å². The zero-order chi connectivity index (χ0) is 19.7. The molecule has 0 bridgehead atoms. The van der Waals surface area contributed by atoms with Crippen molar-refractivity contribution in [3.8, 4) is 5.82 Å². The van der Waals surface area contributed by atoms with Gasteiger partial charge in [0.1, 0.15) is 9.73 Å².